The van der Waals surface area contributed by atoms with Crippen molar-refractivity contribution >= 4 is 11.8 Å². The Labute approximate surface area is 71.7 Å². The monoisotopic (exact) mass is 173 g/mol. The van der Waals surface area contributed by atoms with Gasteiger partial charge in [-0.3, -0.25) is 9.59 Å². The zero-order chi connectivity index (χ0) is 9.56. The predicted octanol–water partition coefficient (Wildman–Crippen LogP) is -1.41. The van der Waals surface area contributed by atoms with Gasteiger partial charge in [0, 0.05) is 7.05 Å². The minimum absolute atomic E-state index is 0.0109. The Kier molecular flexibility index (Phi) is 5.03. The van der Waals surface area contributed by atoms with Gasteiger partial charge in [0.25, 0.3) is 0 Å². The van der Waals surface area contributed by atoms with Crippen molar-refractivity contribution in [1.29, 1.82) is 0 Å². The van der Waals surface area contributed by atoms with Gasteiger partial charge in [-0.1, -0.05) is 6.92 Å². The number of hydrogen-bond acceptors (Lipinski definition) is 3. The number of rotatable bonds is 4. The number of likely N-dealkylation sites (N-methyl/N-ethyl adjacent to an activating group) is 1. The summed E-state index contributed by atoms with van der Waals surface area (Å²) in [4.78, 5) is 21.6. The fraction of sp³-hybridized carbons (Fsp3) is 0.714. The van der Waals surface area contributed by atoms with Crippen LogP contribution in [0, 0.1) is 0 Å². The topological polar surface area (TPSA) is 84.2 Å². The van der Waals surface area contributed by atoms with Crippen LogP contribution in [-0.4, -0.2) is 31.4 Å². The zero-order valence-corrected chi connectivity index (χ0v) is 7.39. The third-order valence-corrected chi connectivity index (χ3v) is 1.48. The molecule has 4 N–H and O–H groups in total. The van der Waals surface area contributed by atoms with Crippen molar-refractivity contribution < 1.29 is 9.59 Å². The lowest BCUT2D eigenvalue weighted by Crippen LogP contribution is -2.44. The van der Waals surface area contributed by atoms with E-state index in [2.05, 4.69) is 10.6 Å². The molecule has 0 aliphatic heterocycles. The second-order valence-electron chi connectivity index (χ2n) is 2.41. The molecule has 0 aliphatic rings. The van der Waals surface area contributed by atoms with Crippen LogP contribution >= 0.6 is 0 Å². The Hall–Kier alpha value is -1.10. The van der Waals surface area contributed by atoms with Gasteiger partial charge < -0.3 is 16.4 Å². The summed E-state index contributed by atoms with van der Waals surface area (Å²) >= 11 is 0. The molecule has 0 bridgehead atoms. The molecule has 0 saturated heterocycles. The van der Waals surface area contributed by atoms with E-state index in [0.717, 1.165) is 0 Å². The molecule has 0 rings (SSSR count). The largest absolute Gasteiger partial charge is 0.358 e. The number of hydrogen-bond donors (Lipinski definition) is 3. The summed E-state index contributed by atoms with van der Waals surface area (Å²) in [5, 5.41) is 4.79. The van der Waals surface area contributed by atoms with Gasteiger partial charge in [0.05, 0.1) is 12.6 Å². The molecule has 0 radical (unpaired) electrons. The molecule has 5 nitrogen and oxygen atoms in total. The summed E-state index contributed by atoms with van der Waals surface area (Å²) in [6.07, 6.45) is 0.569. The Morgan fingerprint density at radius 2 is 2.08 bits per heavy atom. The number of carbonyl (C=O) groups is 2. The number of nitrogens with one attached hydrogen (secondary N) is 2. The fourth-order valence-electron chi connectivity index (χ4n) is 0.572. The number of nitrogens with two attached hydrogens (primary N) is 1. The Bertz CT molecular complexity index is 170. The Morgan fingerprint density at radius 1 is 1.50 bits per heavy atom. The molecule has 0 spiro atoms. The lowest BCUT2D eigenvalue weighted by Gasteiger charge is -2.08. The Morgan fingerprint density at radius 3 is 2.50 bits per heavy atom. The molecule has 70 valence electrons. The van der Waals surface area contributed by atoms with Crippen LogP contribution < -0.4 is 16.4 Å². The van der Waals surface area contributed by atoms with Crippen molar-refractivity contribution in [3.8, 4) is 0 Å². The molecule has 0 aromatic heterocycles. The summed E-state index contributed by atoms with van der Waals surface area (Å²) in [6, 6.07) is -0.519. The zero-order valence-electron chi connectivity index (χ0n) is 7.39. The van der Waals surface area contributed by atoms with Crippen molar-refractivity contribution in [2.24, 2.45) is 5.73 Å². The average Bonchev–Trinajstić information content (AvgIpc) is 2.11. The maximum atomic E-state index is 11.0. The van der Waals surface area contributed by atoms with E-state index in [0.29, 0.717) is 6.42 Å². The van der Waals surface area contributed by atoms with E-state index >= 15 is 0 Å². The third kappa shape index (κ3) is 3.92. The van der Waals surface area contributed by atoms with E-state index in [1.165, 1.54) is 7.05 Å². The van der Waals surface area contributed by atoms with Crippen LogP contribution in [0.5, 0.6) is 0 Å². The van der Waals surface area contributed by atoms with Crippen molar-refractivity contribution in [3.63, 3.8) is 0 Å². The molecule has 1 atom stereocenters. The second-order valence-corrected chi connectivity index (χ2v) is 2.41. The molecular formula is C7H15N3O2. The lowest BCUT2D eigenvalue weighted by molar-refractivity contribution is -0.126. The Balaban J connectivity index is 3.64. The van der Waals surface area contributed by atoms with Gasteiger partial charge >= 0.3 is 0 Å². The van der Waals surface area contributed by atoms with Gasteiger partial charge in [0.2, 0.25) is 11.8 Å². The molecule has 0 fully saturated rings. The quantitative estimate of drug-likeness (QED) is 0.488. The SMILES string of the molecule is CC[C@H](N)C(=O)NCC(=O)NC. The molecule has 0 unspecified atom stereocenters. The predicted molar refractivity (Wildman–Crippen MR) is 45.3 cm³/mol. The first-order chi connectivity index (χ1) is 5.61. The summed E-state index contributed by atoms with van der Waals surface area (Å²) in [5.41, 5.74) is 5.40. The first-order valence-corrected chi connectivity index (χ1v) is 3.85. The normalized spacial score (nSPS) is 11.9. The highest BCUT2D eigenvalue weighted by Crippen LogP contribution is 1.84. The summed E-state index contributed by atoms with van der Waals surface area (Å²) < 4.78 is 0. The maximum Gasteiger partial charge on any atom is 0.239 e. The molecular weight excluding hydrogens is 158 g/mol. The van der Waals surface area contributed by atoms with Gasteiger partial charge in [-0.2, -0.15) is 0 Å². The van der Waals surface area contributed by atoms with Gasteiger partial charge in [-0.15, -0.1) is 0 Å². The van der Waals surface area contributed by atoms with Crippen molar-refractivity contribution in [2.75, 3.05) is 13.6 Å². The smallest absolute Gasteiger partial charge is 0.239 e. The van der Waals surface area contributed by atoms with E-state index in [1.54, 1.807) is 0 Å². The third-order valence-electron chi connectivity index (χ3n) is 1.48. The van der Waals surface area contributed by atoms with Gasteiger partial charge in [0.15, 0.2) is 0 Å². The lowest BCUT2D eigenvalue weighted by atomic mass is 10.2. The summed E-state index contributed by atoms with van der Waals surface area (Å²) in [6.45, 7) is 1.80. The van der Waals surface area contributed by atoms with E-state index in [9.17, 15) is 9.59 Å². The van der Waals surface area contributed by atoms with E-state index in [-0.39, 0.29) is 18.4 Å². The molecule has 2 amide bonds. The number of amides is 2. The highest BCUT2D eigenvalue weighted by molar-refractivity contribution is 5.87. The molecule has 5 heteroatoms. The van der Waals surface area contributed by atoms with Crippen molar-refractivity contribution in [3.05, 3.63) is 0 Å². The van der Waals surface area contributed by atoms with Gasteiger partial charge in [0.1, 0.15) is 0 Å². The van der Waals surface area contributed by atoms with Crippen LogP contribution in [0.4, 0.5) is 0 Å². The highest BCUT2D eigenvalue weighted by Gasteiger charge is 2.10. The molecule has 0 saturated carbocycles. The van der Waals surface area contributed by atoms with E-state index in [4.69, 9.17) is 5.73 Å². The highest BCUT2D eigenvalue weighted by atomic mass is 16.2. The average molecular weight is 173 g/mol. The first kappa shape index (κ1) is 10.9. The fourth-order valence-corrected chi connectivity index (χ4v) is 0.572. The van der Waals surface area contributed by atoms with Crippen LogP contribution in [0.3, 0.4) is 0 Å². The van der Waals surface area contributed by atoms with Gasteiger partial charge in [-0.05, 0) is 6.42 Å². The van der Waals surface area contributed by atoms with Crippen LogP contribution in [-0.2, 0) is 9.59 Å². The first-order valence-electron chi connectivity index (χ1n) is 3.85. The minimum atomic E-state index is -0.519. The molecule has 0 aromatic carbocycles. The van der Waals surface area contributed by atoms with Crippen LogP contribution in [0.25, 0.3) is 0 Å². The summed E-state index contributed by atoms with van der Waals surface area (Å²) in [5.74, 6) is -0.521. The molecule has 0 aromatic rings. The van der Waals surface area contributed by atoms with Crippen LogP contribution in [0.1, 0.15) is 13.3 Å². The van der Waals surface area contributed by atoms with Crippen LogP contribution in [0.15, 0.2) is 0 Å². The van der Waals surface area contributed by atoms with Crippen molar-refractivity contribution in [2.45, 2.75) is 19.4 Å². The second kappa shape index (κ2) is 5.54. The molecule has 12 heavy (non-hydrogen) atoms. The summed E-state index contributed by atoms with van der Waals surface area (Å²) in [7, 11) is 1.51. The van der Waals surface area contributed by atoms with E-state index in [1.807, 2.05) is 6.92 Å². The standard InChI is InChI=1S/C7H15N3O2/c1-3-5(8)7(12)10-4-6(11)9-2/h5H,3-4,8H2,1-2H3,(H,9,11)(H,10,12)/t5-/m0/s1. The number of carbonyl (C=O) groups excluding carboxylic acids is 2. The maximum absolute atomic E-state index is 11.0. The van der Waals surface area contributed by atoms with Gasteiger partial charge in [-0.25, -0.2) is 0 Å². The molecule has 0 heterocycles. The van der Waals surface area contributed by atoms with Crippen LogP contribution in [0.2, 0.25) is 0 Å². The van der Waals surface area contributed by atoms with Crippen molar-refractivity contribution in [1.82, 2.24) is 10.6 Å². The molecule has 0 aliphatic carbocycles. The van der Waals surface area contributed by atoms with E-state index < -0.39 is 6.04 Å². The minimum Gasteiger partial charge on any atom is -0.358 e.